The Morgan fingerprint density at radius 1 is 1.41 bits per heavy atom. The molecule has 1 fully saturated rings. The van der Waals surface area contributed by atoms with E-state index in [0.29, 0.717) is 12.5 Å². The molecule has 1 aromatic rings. The Kier molecular flexibility index (Phi) is 4.02. The van der Waals surface area contributed by atoms with Gasteiger partial charge in [-0.3, -0.25) is 0 Å². The third-order valence-corrected chi connectivity index (χ3v) is 3.26. The van der Waals surface area contributed by atoms with Gasteiger partial charge >= 0.3 is 5.97 Å². The summed E-state index contributed by atoms with van der Waals surface area (Å²) >= 11 is 0. The summed E-state index contributed by atoms with van der Waals surface area (Å²) < 4.78 is 5.13. The summed E-state index contributed by atoms with van der Waals surface area (Å²) in [5.74, 6) is 0.301. The van der Waals surface area contributed by atoms with Gasteiger partial charge in [-0.1, -0.05) is 24.6 Å². The molecule has 1 atom stereocenters. The summed E-state index contributed by atoms with van der Waals surface area (Å²) in [7, 11) is 0. The zero-order chi connectivity index (χ0) is 12.1. The number of hydrogen-bond donors (Lipinski definition) is 1. The van der Waals surface area contributed by atoms with Crippen molar-refractivity contribution in [3.05, 3.63) is 30.3 Å². The Hall–Kier alpha value is -1.51. The predicted molar refractivity (Wildman–Crippen MR) is 67.8 cm³/mol. The van der Waals surface area contributed by atoms with Crippen molar-refractivity contribution in [3.8, 4) is 0 Å². The molecule has 1 aliphatic carbocycles. The molecule has 0 bridgehead atoms. The Morgan fingerprint density at radius 2 is 2.12 bits per heavy atom. The molecule has 0 radical (unpaired) electrons. The van der Waals surface area contributed by atoms with Crippen LogP contribution >= 0.6 is 0 Å². The van der Waals surface area contributed by atoms with Crippen LogP contribution < -0.4 is 5.32 Å². The lowest BCUT2D eigenvalue weighted by molar-refractivity contribution is -0.146. The monoisotopic (exact) mass is 233 g/mol. The molecule has 0 aliphatic heterocycles. The highest BCUT2D eigenvalue weighted by atomic mass is 16.5. The summed E-state index contributed by atoms with van der Waals surface area (Å²) in [5.41, 5.74) is 0.984. The minimum absolute atomic E-state index is 0.124. The largest absolute Gasteiger partial charge is 0.464 e. The van der Waals surface area contributed by atoms with Crippen LogP contribution in [0.2, 0.25) is 0 Å². The zero-order valence-electron chi connectivity index (χ0n) is 10.2. The second-order valence-corrected chi connectivity index (χ2v) is 4.43. The van der Waals surface area contributed by atoms with E-state index in [0.717, 1.165) is 18.5 Å². The van der Waals surface area contributed by atoms with Gasteiger partial charge in [-0.15, -0.1) is 0 Å². The number of esters is 1. The number of para-hydroxylation sites is 1. The smallest absolute Gasteiger partial charge is 0.328 e. The fourth-order valence-electron chi connectivity index (χ4n) is 2.09. The van der Waals surface area contributed by atoms with Gasteiger partial charge in [0.1, 0.15) is 6.04 Å². The Morgan fingerprint density at radius 3 is 2.65 bits per heavy atom. The van der Waals surface area contributed by atoms with E-state index in [1.807, 2.05) is 37.3 Å². The molecule has 0 aromatic heterocycles. The summed E-state index contributed by atoms with van der Waals surface area (Å²) in [4.78, 5) is 11.9. The molecule has 0 spiro atoms. The van der Waals surface area contributed by atoms with Gasteiger partial charge in [-0.25, -0.2) is 4.79 Å². The normalized spacial score (nSPS) is 17.0. The van der Waals surface area contributed by atoms with Crippen LogP contribution in [0.15, 0.2) is 30.3 Å². The van der Waals surface area contributed by atoms with Gasteiger partial charge in [0.15, 0.2) is 0 Å². The van der Waals surface area contributed by atoms with Crippen LogP contribution in [0.1, 0.15) is 26.2 Å². The van der Waals surface area contributed by atoms with Crippen LogP contribution in [0.5, 0.6) is 0 Å². The lowest BCUT2D eigenvalue weighted by Gasteiger charge is -2.33. The van der Waals surface area contributed by atoms with Crippen molar-refractivity contribution in [2.75, 3.05) is 11.9 Å². The molecule has 3 heteroatoms. The molecule has 92 valence electrons. The van der Waals surface area contributed by atoms with Gasteiger partial charge in [0.05, 0.1) is 6.61 Å². The molecular formula is C14H19NO2. The highest BCUT2D eigenvalue weighted by molar-refractivity contribution is 5.79. The second kappa shape index (κ2) is 5.71. The van der Waals surface area contributed by atoms with E-state index < -0.39 is 0 Å². The average molecular weight is 233 g/mol. The first kappa shape index (κ1) is 12.0. The van der Waals surface area contributed by atoms with Crippen molar-refractivity contribution in [3.63, 3.8) is 0 Å². The Balaban J connectivity index is 2.02. The molecular weight excluding hydrogens is 214 g/mol. The first-order valence-electron chi connectivity index (χ1n) is 6.29. The van der Waals surface area contributed by atoms with Crippen LogP contribution in [-0.2, 0) is 9.53 Å². The lowest BCUT2D eigenvalue weighted by atomic mass is 9.79. The maximum Gasteiger partial charge on any atom is 0.328 e. The maximum atomic E-state index is 11.9. The number of ether oxygens (including phenoxy) is 1. The Bertz CT molecular complexity index is 360. The standard InChI is InChI=1S/C14H19NO2/c1-2-17-14(16)13(11-7-6-8-11)15-12-9-4-3-5-10-12/h3-5,9-11,13,15H,2,6-8H2,1H3. The number of nitrogens with one attached hydrogen (secondary N) is 1. The van der Waals surface area contributed by atoms with Crippen molar-refractivity contribution >= 4 is 11.7 Å². The van der Waals surface area contributed by atoms with E-state index in [4.69, 9.17) is 4.74 Å². The van der Waals surface area contributed by atoms with Gasteiger partial charge in [0.25, 0.3) is 0 Å². The van der Waals surface area contributed by atoms with E-state index >= 15 is 0 Å². The number of benzene rings is 1. The van der Waals surface area contributed by atoms with E-state index in [1.54, 1.807) is 0 Å². The fourth-order valence-corrected chi connectivity index (χ4v) is 2.09. The van der Waals surface area contributed by atoms with Crippen molar-refractivity contribution in [2.45, 2.75) is 32.2 Å². The van der Waals surface area contributed by atoms with Gasteiger partial charge < -0.3 is 10.1 Å². The molecule has 1 aromatic carbocycles. The molecule has 1 unspecified atom stereocenters. The van der Waals surface area contributed by atoms with Gasteiger partial charge in [0.2, 0.25) is 0 Å². The van der Waals surface area contributed by atoms with E-state index in [-0.39, 0.29) is 12.0 Å². The maximum absolute atomic E-state index is 11.9. The average Bonchev–Trinajstić information content (AvgIpc) is 2.27. The SMILES string of the molecule is CCOC(=O)C(Nc1ccccc1)C1CCC1. The summed E-state index contributed by atoms with van der Waals surface area (Å²) in [6, 6.07) is 9.66. The van der Waals surface area contributed by atoms with Crippen LogP contribution in [-0.4, -0.2) is 18.6 Å². The number of rotatable bonds is 5. The third kappa shape index (κ3) is 2.99. The number of hydrogen-bond acceptors (Lipinski definition) is 3. The molecule has 3 nitrogen and oxygen atoms in total. The molecule has 0 heterocycles. The predicted octanol–water partition coefficient (Wildman–Crippen LogP) is 2.83. The quantitative estimate of drug-likeness (QED) is 0.795. The molecule has 2 rings (SSSR count). The highest BCUT2D eigenvalue weighted by Gasteiger charge is 2.33. The van der Waals surface area contributed by atoms with Gasteiger partial charge in [-0.2, -0.15) is 0 Å². The molecule has 1 N–H and O–H groups in total. The summed E-state index contributed by atoms with van der Waals surface area (Å²) in [5, 5.41) is 3.29. The highest BCUT2D eigenvalue weighted by Crippen LogP contribution is 2.31. The van der Waals surface area contributed by atoms with Gasteiger partial charge in [-0.05, 0) is 37.8 Å². The van der Waals surface area contributed by atoms with Crippen LogP contribution in [0.25, 0.3) is 0 Å². The number of anilines is 1. The van der Waals surface area contributed by atoms with Gasteiger partial charge in [0, 0.05) is 5.69 Å². The zero-order valence-corrected chi connectivity index (χ0v) is 10.2. The van der Waals surface area contributed by atoms with Crippen LogP contribution in [0, 0.1) is 5.92 Å². The fraction of sp³-hybridized carbons (Fsp3) is 0.500. The molecule has 17 heavy (non-hydrogen) atoms. The number of carbonyl (C=O) groups excluding carboxylic acids is 1. The summed E-state index contributed by atoms with van der Waals surface area (Å²) in [6.45, 7) is 2.29. The van der Waals surface area contributed by atoms with E-state index in [9.17, 15) is 4.79 Å². The molecule has 1 aliphatic rings. The lowest BCUT2D eigenvalue weighted by Crippen LogP contribution is -2.41. The van der Waals surface area contributed by atoms with Crippen LogP contribution in [0.4, 0.5) is 5.69 Å². The van der Waals surface area contributed by atoms with Crippen molar-refractivity contribution in [1.29, 1.82) is 0 Å². The topological polar surface area (TPSA) is 38.3 Å². The third-order valence-electron chi connectivity index (χ3n) is 3.26. The van der Waals surface area contributed by atoms with Crippen molar-refractivity contribution < 1.29 is 9.53 Å². The Labute approximate surface area is 102 Å². The van der Waals surface area contributed by atoms with E-state index in [1.165, 1.54) is 6.42 Å². The minimum atomic E-state index is -0.189. The second-order valence-electron chi connectivity index (χ2n) is 4.43. The first-order valence-corrected chi connectivity index (χ1v) is 6.29. The summed E-state index contributed by atoms with van der Waals surface area (Å²) in [6.07, 6.45) is 3.45. The van der Waals surface area contributed by atoms with Crippen LogP contribution in [0.3, 0.4) is 0 Å². The van der Waals surface area contributed by atoms with Crippen molar-refractivity contribution in [2.24, 2.45) is 5.92 Å². The first-order chi connectivity index (χ1) is 8.31. The van der Waals surface area contributed by atoms with Crippen molar-refractivity contribution in [1.82, 2.24) is 0 Å². The minimum Gasteiger partial charge on any atom is -0.464 e. The molecule has 1 saturated carbocycles. The number of carbonyl (C=O) groups is 1. The van der Waals surface area contributed by atoms with E-state index in [2.05, 4.69) is 5.32 Å². The molecule has 0 amide bonds. The molecule has 0 saturated heterocycles.